The Hall–Kier alpha value is -2.38. The number of benzene rings is 2. The molecule has 3 rings (SSSR count). The summed E-state index contributed by atoms with van der Waals surface area (Å²) in [6, 6.07) is 12.8. The quantitative estimate of drug-likeness (QED) is 0.601. The number of nitrogens with zero attached hydrogens (tertiary/aromatic N) is 2. The Balaban J connectivity index is 1.61. The van der Waals surface area contributed by atoms with E-state index in [0.29, 0.717) is 25.3 Å². The minimum Gasteiger partial charge on any atom is -0.383 e. The van der Waals surface area contributed by atoms with Gasteiger partial charge in [0.05, 0.1) is 23.4 Å². The maximum atomic E-state index is 13.6. The van der Waals surface area contributed by atoms with E-state index in [4.69, 9.17) is 4.74 Å². The average Bonchev–Trinajstić information content (AvgIpc) is 3.03. The highest BCUT2D eigenvalue weighted by atomic mass is 32.2. The van der Waals surface area contributed by atoms with Crippen molar-refractivity contribution < 1.29 is 13.9 Å². The number of methoxy groups -OCH3 is 1. The van der Waals surface area contributed by atoms with Gasteiger partial charge < -0.3 is 14.6 Å². The van der Waals surface area contributed by atoms with Crippen molar-refractivity contribution in [3.8, 4) is 0 Å². The van der Waals surface area contributed by atoms with Gasteiger partial charge in [-0.25, -0.2) is 9.37 Å². The van der Waals surface area contributed by atoms with Gasteiger partial charge in [0.25, 0.3) is 0 Å². The van der Waals surface area contributed by atoms with Crippen molar-refractivity contribution in [2.75, 3.05) is 19.5 Å². The van der Waals surface area contributed by atoms with Crippen molar-refractivity contribution in [3.63, 3.8) is 0 Å². The summed E-state index contributed by atoms with van der Waals surface area (Å²) in [5.74, 6) is -0.140. The molecule has 27 heavy (non-hydrogen) atoms. The molecule has 1 amide bonds. The number of thioether (sulfide) groups is 1. The molecule has 0 saturated carbocycles. The van der Waals surface area contributed by atoms with Gasteiger partial charge in [0.15, 0.2) is 5.16 Å². The van der Waals surface area contributed by atoms with Crippen LogP contribution in [0.2, 0.25) is 0 Å². The van der Waals surface area contributed by atoms with Gasteiger partial charge in [0.1, 0.15) is 5.82 Å². The molecule has 0 radical (unpaired) electrons. The van der Waals surface area contributed by atoms with Crippen LogP contribution in [0, 0.1) is 12.7 Å². The molecule has 2 aromatic carbocycles. The number of aryl methyl sites for hydroxylation is 1. The fourth-order valence-electron chi connectivity index (χ4n) is 2.69. The number of imidazole rings is 1. The Morgan fingerprint density at radius 2 is 2.11 bits per heavy atom. The molecule has 3 aromatic rings. The van der Waals surface area contributed by atoms with E-state index in [-0.39, 0.29) is 17.5 Å². The summed E-state index contributed by atoms with van der Waals surface area (Å²) < 4.78 is 20.8. The first-order valence-electron chi connectivity index (χ1n) is 8.67. The highest BCUT2D eigenvalue weighted by Crippen LogP contribution is 2.24. The summed E-state index contributed by atoms with van der Waals surface area (Å²) in [4.78, 5) is 16.8. The van der Waals surface area contributed by atoms with Crippen LogP contribution < -0.4 is 5.32 Å². The number of fused-ring (bicyclic) bond motifs is 1. The summed E-state index contributed by atoms with van der Waals surface area (Å²) >= 11 is 1.38. The molecule has 1 aromatic heterocycles. The first-order chi connectivity index (χ1) is 13.1. The highest BCUT2D eigenvalue weighted by molar-refractivity contribution is 7.99. The number of carbonyl (C=O) groups excluding carboxylic acids is 1. The molecule has 142 valence electrons. The second kappa shape index (κ2) is 9.01. The Morgan fingerprint density at radius 1 is 1.30 bits per heavy atom. The Bertz CT molecular complexity index is 942. The van der Waals surface area contributed by atoms with E-state index in [9.17, 15) is 9.18 Å². The first kappa shape index (κ1) is 19.4. The van der Waals surface area contributed by atoms with Crippen molar-refractivity contribution >= 4 is 28.7 Å². The van der Waals surface area contributed by atoms with Gasteiger partial charge in [-0.1, -0.05) is 36.0 Å². The topological polar surface area (TPSA) is 56.1 Å². The molecule has 5 nitrogen and oxygen atoms in total. The average molecular weight is 387 g/mol. The molecule has 0 atom stereocenters. The number of rotatable bonds is 8. The van der Waals surface area contributed by atoms with Gasteiger partial charge in [0, 0.05) is 20.2 Å². The fourth-order valence-corrected chi connectivity index (χ4v) is 3.56. The van der Waals surface area contributed by atoms with Gasteiger partial charge in [-0.15, -0.1) is 0 Å². The first-order valence-corrected chi connectivity index (χ1v) is 9.66. The second-order valence-electron chi connectivity index (χ2n) is 6.18. The SMILES string of the molecule is COCCn1c(SCC(=O)NCc2ccc(C)c(F)c2)nc2ccccc21. The van der Waals surface area contributed by atoms with E-state index in [1.165, 1.54) is 17.8 Å². The molecule has 0 aliphatic carbocycles. The summed E-state index contributed by atoms with van der Waals surface area (Å²) in [6.45, 7) is 3.25. The number of nitrogens with one attached hydrogen (secondary N) is 1. The maximum Gasteiger partial charge on any atom is 0.230 e. The van der Waals surface area contributed by atoms with Crippen molar-refractivity contribution in [1.82, 2.24) is 14.9 Å². The monoisotopic (exact) mass is 387 g/mol. The van der Waals surface area contributed by atoms with Crippen LogP contribution in [0.3, 0.4) is 0 Å². The van der Waals surface area contributed by atoms with Crippen LogP contribution in [0.25, 0.3) is 11.0 Å². The third-order valence-electron chi connectivity index (χ3n) is 4.20. The third-order valence-corrected chi connectivity index (χ3v) is 5.17. The van der Waals surface area contributed by atoms with E-state index < -0.39 is 0 Å². The van der Waals surface area contributed by atoms with Crippen molar-refractivity contribution in [3.05, 3.63) is 59.4 Å². The zero-order valence-electron chi connectivity index (χ0n) is 15.4. The predicted molar refractivity (Wildman–Crippen MR) is 105 cm³/mol. The molecule has 7 heteroatoms. The third kappa shape index (κ3) is 4.87. The minimum absolute atomic E-state index is 0.119. The van der Waals surface area contributed by atoms with Crippen LogP contribution in [-0.4, -0.2) is 34.9 Å². The lowest BCUT2D eigenvalue weighted by Crippen LogP contribution is -2.24. The Morgan fingerprint density at radius 3 is 2.89 bits per heavy atom. The predicted octanol–water partition coefficient (Wildman–Crippen LogP) is 3.54. The number of para-hydroxylation sites is 2. The van der Waals surface area contributed by atoms with Crippen LogP contribution in [0.4, 0.5) is 4.39 Å². The molecule has 0 spiro atoms. The Labute approximate surface area is 161 Å². The zero-order valence-corrected chi connectivity index (χ0v) is 16.2. The zero-order chi connectivity index (χ0) is 19.2. The normalized spacial score (nSPS) is 11.1. The molecule has 0 saturated heterocycles. The van der Waals surface area contributed by atoms with Gasteiger partial charge in [-0.2, -0.15) is 0 Å². The van der Waals surface area contributed by atoms with Gasteiger partial charge in [0.2, 0.25) is 5.91 Å². The minimum atomic E-state index is -0.261. The van der Waals surface area contributed by atoms with Crippen LogP contribution in [0.15, 0.2) is 47.6 Å². The highest BCUT2D eigenvalue weighted by Gasteiger charge is 2.13. The van der Waals surface area contributed by atoms with E-state index in [1.54, 1.807) is 20.1 Å². The summed E-state index contributed by atoms with van der Waals surface area (Å²) in [7, 11) is 1.66. The summed E-state index contributed by atoms with van der Waals surface area (Å²) in [5.41, 5.74) is 3.25. The smallest absolute Gasteiger partial charge is 0.230 e. The maximum absolute atomic E-state index is 13.6. The molecule has 0 fully saturated rings. The number of amides is 1. The van der Waals surface area contributed by atoms with E-state index >= 15 is 0 Å². The van der Waals surface area contributed by atoms with E-state index in [0.717, 1.165) is 21.8 Å². The Kier molecular flexibility index (Phi) is 6.47. The van der Waals surface area contributed by atoms with Gasteiger partial charge in [-0.3, -0.25) is 4.79 Å². The number of hydrogen-bond donors (Lipinski definition) is 1. The van der Waals surface area contributed by atoms with Crippen molar-refractivity contribution in [1.29, 1.82) is 0 Å². The fraction of sp³-hybridized carbons (Fsp3) is 0.300. The molecule has 0 aliphatic rings. The van der Waals surface area contributed by atoms with Gasteiger partial charge in [-0.05, 0) is 36.2 Å². The largest absolute Gasteiger partial charge is 0.383 e. The number of aromatic nitrogens is 2. The number of ether oxygens (including phenoxy) is 1. The lowest BCUT2D eigenvalue weighted by atomic mass is 10.1. The van der Waals surface area contributed by atoms with Crippen LogP contribution in [0.1, 0.15) is 11.1 Å². The van der Waals surface area contributed by atoms with Gasteiger partial charge >= 0.3 is 0 Å². The number of halogens is 1. The van der Waals surface area contributed by atoms with Crippen LogP contribution in [-0.2, 0) is 22.6 Å². The molecular formula is C20H22FN3O2S. The molecule has 0 aliphatic heterocycles. The number of carbonyl (C=O) groups is 1. The number of hydrogen-bond acceptors (Lipinski definition) is 4. The molecular weight excluding hydrogens is 365 g/mol. The standard InChI is InChI=1S/C20H22FN3O2S/c1-14-7-8-15(11-16(14)21)12-22-19(25)13-27-20-23-17-5-3-4-6-18(17)24(20)9-10-26-2/h3-8,11H,9-10,12-13H2,1-2H3,(H,22,25). The van der Waals surface area contributed by atoms with E-state index in [2.05, 4.69) is 14.9 Å². The van der Waals surface area contributed by atoms with E-state index in [1.807, 2.05) is 30.3 Å². The molecule has 1 heterocycles. The lowest BCUT2D eigenvalue weighted by molar-refractivity contribution is -0.118. The van der Waals surface area contributed by atoms with Crippen LogP contribution >= 0.6 is 11.8 Å². The van der Waals surface area contributed by atoms with Crippen molar-refractivity contribution in [2.45, 2.75) is 25.2 Å². The molecule has 0 unspecified atom stereocenters. The molecule has 1 N–H and O–H groups in total. The van der Waals surface area contributed by atoms with Crippen LogP contribution in [0.5, 0.6) is 0 Å². The summed E-state index contributed by atoms with van der Waals surface area (Å²) in [5, 5.41) is 3.61. The second-order valence-corrected chi connectivity index (χ2v) is 7.12. The molecule has 0 bridgehead atoms. The summed E-state index contributed by atoms with van der Waals surface area (Å²) in [6.07, 6.45) is 0. The lowest BCUT2D eigenvalue weighted by Gasteiger charge is -2.09. The van der Waals surface area contributed by atoms with Crippen molar-refractivity contribution in [2.24, 2.45) is 0 Å².